The number of nitrogens with one attached hydrogen (secondary N) is 1. The molecule has 3 amide bonds. The van der Waals surface area contributed by atoms with E-state index in [4.69, 9.17) is 4.74 Å². The van der Waals surface area contributed by atoms with Crippen LogP contribution in [-0.4, -0.2) is 66.9 Å². The van der Waals surface area contributed by atoms with Crippen molar-refractivity contribution in [3.05, 3.63) is 35.9 Å². The van der Waals surface area contributed by atoms with Crippen molar-refractivity contribution in [1.82, 2.24) is 15.1 Å². The zero-order valence-corrected chi connectivity index (χ0v) is 19.3. The summed E-state index contributed by atoms with van der Waals surface area (Å²) in [6.45, 7) is 4.95. The van der Waals surface area contributed by atoms with Gasteiger partial charge in [0, 0.05) is 64.2 Å². The van der Waals surface area contributed by atoms with Crippen LogP contribution in [0.4, 0.5) is 0 Å². The van der Waals surface area contributed by atoms with E-state index < -0.39 is 0 Å². The number of nitrogens with zero attached hydrogens (tertiary/aromatic N) is 2. The van der Waals surface area contributed by atoms with E-state index in [1.54, 1.807) is 0 Å². The third-order valence-electron chi connectivity index (χ3n) is 8.11. The van der Waals surface area contributed by atoms with Crippen LogP contribution in [0.25, 0.3) is 0 Å². The van der Waals surface area contributed by atoms with Crippen LogP contribution in [0.15, 0.2) is 30.3 Å². The Balaban J connectivity index is 1.01. The lowest BCUT2D eigenvalue weighted by atomic mass is 9.95. The zero-order chi connectivity index (χ0) is 22.8. The number of likely N-dealkylation sites (tertiary alicyclic amines) is 2. The van der Waals surface area contributed by atoms with Gasteiger partial charge in [-0.05, 0) is 49.0 Å². The number of benzene rings is 1. The van der Waals surface area contributed by atoms with Gasteiger partial charge in [-0.1, -0.05) is 30.3 Å². The monoisotopic (exact) mass is 453 g/mol. The smallest absolute Gasteiger partial charge is 0.226 e. The molecule has 4 atom stereocenters. The number of fused-ring (bicyclic) bond motifs is 1. The van der Waals surface area contributed by atoms with Crippen LogP contribution in [0.3, 0.4) is 0 Å². The molecule has 3 aliphatic heterocycles. The van der Waals surface area contributed by atoms with Gasteiger partial charge < -0.3 is 19.9 Å². The van der Waals surface area contributed by atoms with E-state index in [1.807, 2.05) is 40.1 Å². The van der Waals surface area contributed by atoms with Gasteiger partial charge in [0.1, 0.15) is 0 Å². The molecule has 1 saturated carbocycles. The zero-order valence-electron chi connectivity index (χ0n) is 19.3. The molecular weight excluding hydrogens is 418 g/mol. The summed E-state index contributed by atoms with van der Waals surface area (Å²) < 4.78 is 5.40. The summed E-state index contributed by atoms with van der Waals surface area (Å²) >= 11 is 0. The molecule has 2 unspecified atom stereocenters. The van der Waals surface area contributed by atoms with Crippen molar-refractivity contribution < 1.29 is 19.1 Å². The number of rotatable bonds is 7. The predicted octanol–water partition coefficient (Wildman–Crippen LogP) is 2.06. The Morgan fingerprint density at radius 2 is 1.70 bits per heavy atom. The van der Waals surface area contributed by atoms with Gasteiger partial charge in [-0.15, -0.1) is 0 Å². The minimum Gasteiger partial charge on any atom is -0.381 e. The van der Waals surface area contributed by atoms with Crippen LogP contribution in [-0.2, 0) is 25.7 Å². The molecule has 4 fully saturated rings. The lowest BCUT2D eigenvalue weighted by molar-refractivity contribution is -0.138. The van der Waals surface area contributed by atoms with Crippen molar-refractivity contribution in [3.63, 3.8) is 0 Å². The maximum absolute atomic E-state index is 13.0. The summed E-state index contributed by atoms with van der Waals surface area (Å²) in [7, 11) is 0. The van der Waals surface area contributed by atoms with E-state index in [0.29, 0.717) is 43.8 Å². The topological polar surface area (TPSA) is 79.0 Å². The minimum atomic E-state index is -0.0187. The molecule has 33 heavy (non-hydrogen) atoms. The SMILES string of the molecule is O=C(NCc1ccccc1)C1CCN(C(=O)C2[C@H]3CN(C(=O)CCC4CCOC4)C[C@@H]23)CC1. The van der Waals surface area contributed by atoms with Crippen molar-refractivity contribution in [2.45, 2.75) is 38.6 Å². The normalized spacial score (nSPS) is 29.1. The summed E-state index contributed by atoms with van der Waals surface area (Å²) in [6.07, 6.45) is 4.04. The van der Waals surface area contributed by atoms with E-state index in [9.17, 15) is 14.4 Å². The average Bonchev–Trinajstić information content (AvgIpc) is 3.20. The molecule has 0 bridgehead atoms. The number of hydrogen-bond acceptors (Lipinski definition) is 4. The Kier molecular flexibility index (Phi) is 6.67. The summed E-state index contributed by atoms with van der Waals surface area (Å²) in [6, 6.07) is 9.93. The Morgan fingerprint density at radius 1 is 0.970 bits per heavy atom. The highest BCUT2D eigenvalue weighted by molar-refractivity contribution is 5.85. The second-order valence-corrected chi connectivity index (χ2v) is 10.2. The molecule has 7 heteroatoms. The van der Waals surface area contributed by atoms with Gasteiger partial charge in [0.15, 0.2) is 0 Å². The van der Waals surface area contributed by atoms with Crippen molar-refractivity contribution in [3.8, 4) is 0 Å². The Labute approximate surface area is 195 Å². The third-order valence-corrected chi connectivity index (χ3v) is 8.11. The second-order valence-electron chi connectivity index (χ2n) is 10.2. The number of piperidine rings is 2. The standard InChI is InChI=1S/C26H35N3O4/c30-23(7-6-19-10-13-33-17-19)29-15-21-22(16-29)24(21)26(32)28-11-8-20(9-12-28)25(31)27-14-18-4-2-1-3-5-18/h1-5,19-22,24H,6-17H2,(H,27,31)/t19?,21-,22+,24?. The molecule has 1 aromatic rings. The Hall–Kier alpha value is -2.41. The Morgan fingerprint density at radius 3 is 2.36 bits per heavy atom. The second kappa shape index (κ2) is 9.84. The molecule has 1 aromatic carbocycles. The molecule has 7 nitrogen and oxygen atoms in total. The highest BCUT2D eigenvalue weighted by Gasteiger charge is 2.61. The summed E-state index contributed by atoms with van der Waals surface area (Å²) in [4.78, 5) is 42.0. The van der Waals surface area contributed by atoms with Gasteiger partial charge in [-0.3, -0.25) is 14.4 Å². The first-order chi connectivity index (χ1) is 16.1. The van der Waals surface area contributed by atoms with E-state index in [1.165, 1.54) is 0 Å². The first-order valence-electron chi connectivity index (χ1n) is 12.6. The van der Waals surface area contributed by atoms with Gasteiger partial charge in [0.05, 0.1) is 0 Å². The first-order valence-corrected chi connectivity index (χ1v) is 12.6. The van der Waals surface area contributed by atoms with Gasteiger partial charge in [-0.2, -0.15) is 0 Å². The molecule has 1 aliphatic carbocycles. The number of carbonyl (C=O) groups excluding carboxylic acids is 3. The van der Waals surface area contributed by atoms with Crippen LogP contribution < -0.4 is 5.32 Å². The molecule has 0 spiro atoms. The molecule has 5 rings (SSSR count). The van der Waals surface area contributed by atoms with Crippen molar-refractivity contribution in [2.24, 2.45) is 29.6 Å². The molecule has 0 aromatic heterocycles. The first kappa shape index (κ1) is 22.4. The van der Waals surface area contributed by atoms with Crippen LogP contribution in [0, 0.1) is 29.6 Å². The fourth-order valence-corrected chi connectivity index (χ4v) is 5.90. The molecule has 0 radical (unpaired) electrons. The number of ether oxygens (including phenoxy) is 1. The predicted molar refractivity (Wildman–Crippen MR) is 123 cm³/mol. The summed E-state index contributed by atoms with van der Waals surface area (Å²) in [5.41, 5.74) is 1.10. The lowest BCUT2D eigenvalue weighted by Gasteiger charge is -2.32. The number of hydrogen-bond donors (Lipinski definition) is 1. The van der Waals surface area contributed by atoms with Gasteiger partial charge in [-0.25, -0.2) is 0 Å². The van der Waals surface area contributed by atoms with E-state index >= 15 is 0 Å². The minimum absolute atomic E-state index is 0.0187. The van der Waals surface area contributed by atoms with Gasteiger partial charge in [0.25, 0.3) is 0 Å². The van der Waals surface area contributed by atoms with Crippen LogP contribution in [0.5, 0.6) is 0 Å². The molecule has 178 valence electrons. The van der Waals surface area contributed by atoms with Crippen LogP contribution >= 0.6 is 0 Å². The number of amides is 3. The number of carbonyl (C=O) groups is 3. The fraction of sp³-hybridized carbons (Fsp3) is 0.654. The molecular formula is C26H35N3O4. The highest BCUT2D eigenvalue weighted by Crippen LogP contribution is 2.53. The van der Waals surface area contributed by atoms with E-state index in [-0.39, 0.29) is 29.6 Å². The largest absolute Gasteiger partial charge is 0.381 e. The maximum Gasteiger partial charge on any atom is 0.226 e. The highest BCUT2D eigenvalue weighted by atomic mass is 16.5. The average molecular weight is 454 g/mol. The van der Waals surface area contributed by atoms with Gasteiger partial charge in [0.2, 0.25) is 17.7 Å². The third kappa shape index (κ3) is 5.08. The van der Waals surface area contributed by atoms with Crippen molar-refractivity contribution >= 4 is 17.7 Å². The van der Waals surface area contributed by atoms with Gasteiger partial charge >= 0.3 is 0 Å². The fourth-order valence-electron chi connectivity index (χ4n) is 5.90. The van der Waals surface area contributed by atoms with Crippen LogP contribution in [0.2, 0.25) is 0 Å². The summed E-state index contributed by atoms with van der Waals surface area (Å²) in [5.74, 6) is 1.84. The quantitative estimate of drug-likeness (QED) is 0.686. The summed E-state index contributed by atoms with van der Waals surface area (Å²) in [5, 5.41) is 3.04. The van der Waals surface area contributed by atoms with E-state index in [2.05, 4.69) is 5.32 Å². The lowest BCUT2D eigenvalue weighted by Crippen LogP contribution is -2.44. The van der Waals surface area contributed by atoms with E-state index in [0.717, 1.165) is 57.6 Å². The molecule has 4 aliphatic rings. The molecule has 3 saturated heterocycles. The molecule has 1 N–H and O–H groups in total. The van der Waals surface area contributed by atoms with Crippen LogP contribution in [0.1, 0.15) is 37.7 Å². The molecule has 3 heterocycles. The van der Waals surface area contributed by atoms with Crippen molar-refractivity contribution in [1.29, 1.82) is 0 Å². The van der Waals surface area contributed by atoms with Crippen molar-refractivity contribution in [2.75, 3.05) is 39.4 Å². The maximum atomic E-state index is 13.0. The Bertz CT molecular complexity index is 850.